The van der Waals surface area contributed by atoms with Gasteiger partial charge in [-0.2, -0.15) is 8.78 Å². The second kappa shape index (κ2) is 10.1. The predicted octanol–water partition coefficient (Wildman–Crippen LogP) is 6.11. The van der Waals surface area contributed by atoms with Gasteiger partial charge in [0.1, 0.15) is 17.5 Å². The lowest BCUT2D eigenvalue weighted by molar-refractivity contribution is -0.0503. The molecule has 0 bridgehead atoms. The Balaban J connectivity index is 1.52. The van der Waals surface area contributed by atoms with Gasteiger partial charge in [0.05, 0.1) is 7.11 Å². The van der Waals surface area contributed by atoms with E-state index in [1.54, 1.807) is 19.2 Å². The van der Waals surface area contributed by atoms with Gasteiger partial charge in [-0.15, -0.1) is 10.2 Å². The second-order valence-electron chi connectivity index (χ2n) is 7.40. The zero-order valence-electron chi connectivity index (χ0n) is 18.2. The Morgan fingerprint density at radius 2 is 1.73 bits per heavy atom. The maximum atomic E-state index is 12.9. The summed E-state index contributed by atoms with van der Waals surface area (Å²) in [6.45, 7) is -1.02. The van der Waals surface area contributed by atoms with Crippen LogP contribution in [0.1, 0.15) is 30.0 Å². The van der Waals surface area contributed by atoms with Crippen molar-refractivity contribution in [1.82, 2.24) is 10.2 Å². The average Bonchev–Trinajstić information content (AvgIpc) is 3.32. The Bertz CT molecular complexity index is 1180. The highest BCUT2D eigenvalue weighted by molar-refractivity contribution is 5.55. The second-order valence-corrected chi connectivity index (χ2v) is 7.40. The van der Waals surface area contributed by atoms with E-state index < -0.39 is 6.61 Å². The number of aromatic nitrogens is 2. The normalized spacial score (nSPS) is 11.9. The van der Waals surface area contributed by atoms with Crippen LogP contribution in [-0.2, 0) is 6.42 Å². The first-order chi connectivity index (χ1) is 16.0. The van der Waals surface area contributed by atoms with Crippen LogP contribution < -0.4 is 14.8 Å². The fourth-order valence-corrected chi connectivity index (χ4v) is 3.41. The van der Waals surface area contributed by atoms with Crippen LogP contribution in [0.4, 0.5) is 14.5 Å². The first kappa shape index (κ1) is 22.3. The molecule has 0 saturated heterocycles. The Kier molecular flexibility index (Phi) is 6.83. The van der Waals surface area contributed by atoms with Crippen molar-refractivity contribution in [3.8, 4) is 23.0 Å². The minimum absolute atomic E-state index is 0.145. The average molecular weight is 451 g/mol. The number of rotatable bonds is 9. The highest BCUT2D eigenvalue weighted by Gasteiger charge is 2.17. The number of methoxy groups -OCH3 is 1. The van der Waals surface area contributed by atoms with Crippen LogP contribution >= 0.6 is 0 Å². The van der Waals surface area contributed by atoms with Crippen molar-refractivity contribution < 1.29 is 22.7 Å². The topological polar surface area (TPSA) is 69.4 Å². The third-order valence-electron chi connectivity index (χ3n) is 5.05. The molecule has 0 unspecified atom stereocenters. The highest BCUT2D eigenvalue weighted by Crippen LogP contribution is 2.29. The van der Waals surface area contributed by atoms with Gasteiger partial charge in [0.25, 0.3) is 0 Å². The molecule has 0 aliphatic rings. The molecule has 33 heavy (non-hydrogen) atoms. The summed E-state index contributed by atoms with van der Waals surface area (Å²) < 4.78 is 41.5. The molecule has 0 saturated carbocycles. The van der Waals surface area contributed by atoms with Gasteiger partial charge < -0.3 is 19.2 Å². The van der Waals surface area contributed by atoms with Crippen LogP contribution in [0.25, 0.3) is 11.5 Å². The molecule has 0 amide bonds. The largest absolute Gasteiger partial charge is 0.497 e. The number of alkyl halides is 2. The summed E-state index contributed by atoms with van der Waals surface area (Å²) in [7, 11) is 1.60. The Labute approximate surface area is 190 Å². The standard InChI is InChI=1S/C25H23F2N3O3/c1-16(23-29-30-24(33-23)18-8-11-21(31-2)12-9-18)28-20-10-13-22(32-25(26)27)19(15-20)14-17-6-4-3-5-7-17/h3-13,15-16,25,28H,14H2,1-2H3/t16-/m1/s1. The molecule has 0 aliphatic carbocycles. The van der Waals surface area contributed by atoms with E-state index in [-0.39, 0.29) is 11.8 Å². The summed E-state index contributed by atoms with van der Waals surface area (Å²) in [6.07, 6.45) is 0.453. The SMILES string of the molecule is COc1ccc(-c2nnc([C@@H](C)Nc3ccc(OC(F)F)c(Cc4ccccc4)c3)o2)cc1. The van der Waals surface area contributed by atoms with Gasteiger partial charge in [0.15, 0.2) is 0 Å². The molecule has 4 rings (SSSR count). The van der Waals surface area contributed by atoms with Crippen LogP contribution in [0.2, 0.25) is 0 Å². The number of nitrogens with one attached hydrogen (secondary N) is 1. The van der Waals surface area contributed by atoms with E-state index in [2.05, 4.69) is 15.5 Å². The van der Waals surface area contributed by atoms with E-state index in [4.69, 9.17) is 13.9 Å². The molecule has 1 N–H and O–H groups in total. The Morgan fingerprint density at radius 3 is 2.42 bits per heavy atom. The van der Waals surface area contributed by atoms with Gasteiger partial charge in [0.2, 0.25) is 11.8 Å². The molecule has 0 aliphatic heterocycles. The fraction of sp³-hybridized carbons (Fsp3) is 0.200. The zero-order valence-corrected chi connectivity index (χ0v) is 18.2. The van der Waals surface area contributed by atoms with Crippen LogP contribution in [0, 0.1) is 0 Å². The van der Waals surface area contributed by atoms with E-state index in [0.29, 0.717) is 23.8 Å². The highest BCUT2D eigenvalue weighted by atomic mass is 19.3. The zero-order chi connectivity index (χ0) is 23.2. The molecule has 1 atom stereocenters. The number of ether oxygens (including phenoxy) is 2. The Morgan fingerprint density at radius 1 is 0.970 bits per heavy atom. The van der Waals surface area contributed by atoms with Crippen LogP contribution in [0.3, 0.4) is 0 Å². The minimum Gasteiger partial charge on any atom is -0.497 e. The molecule has 8 heteroatoms. The molecular formula is C25H23F2N3O3. The van der Waals surface area contributed by atoms with Crippen molar-refractivity contribution in [3.05, 3.63) is 89.8 Å². The molecule has 0 fully saturated rings. The number of nitrogens with zero attached hydrogens (tertiary/aromatic N) is 2. The lowest BCUT2D eigenvalue weighted by atomic mass is 10.0. The first-order valence-electron chi connectivity index (χ1n) is 10.4. The summed E-state index contributed by atoms with van der Waals surface area (Å²) >= 11 is 0. The maximum absolute atomic E-state index is 12.9. The smallest absolute Gasteiger partial charge is 0.387 e. The van der Waals surface area contributed by atoms with Gasteiger partial charge in [-0.1, -0.05) is 30.3 Å². The quantitative estimate of drug-likeness (QED) is 0.331. The molecule has 1 aromatic heterocycles. The molecule has 1 heterocycles. The number of benzene rings is 3. The summed E-state index contributed by atoms with van der Waals surface area (Å²) in [5.41, 5.74) is 3.13. The number of hydrogen-bond donors (Lipinski definition) is 1. The van der Waals surface area contributed by atoms with Crippen molar-refractivity contribution in [3.63, 3.8) is 0 Å². The number of hydrogen-bond acceptors (Lipinski definition) is 6. The van der Waals surface area contributed by atoms with Crippen molar-refractivity contribution in [2.24, 2.45) is 0 Å². The summed E-state index contributed by atoms with van der Waals surface area (Å²) in [5.74, 6) is 1.68. The Hall–Kier alpha value is -3.94. The number of halogens is 2. The van der Waals surface area contributed by atoms with Crippen LogP contribution in [-0.4, -0.2) is 23.9 Å². The molecular weight excluding hydrogens is 428 g/mol. The fourth-order valence-electron chi connectivity index (χ4n) is 3.41. The minimum atomic E-state index is -2.90. The van der Waals surface area contributed by atoms with Gasteiger partial charge in [0, 0.05) is 23.2 Å². The van der Waals surface area contributed by atoms with E-state index in [9.17, 15) is 8.78 Å². The van der Waals surface area contributed by atoms with E-state index in [0.717, 1.165) is 22.6 Å². The predicted molar refractivity (Wildman–Crippen MR) is 121 cm³/mol. The molecule has 3 aromatic carbocycles. The maximum Gasteiger partial charge on any atom is 0.387 e. The van der Waals surface area contributed by atoms with Gasteiger partial charge in [-0.25, -0.2) is 0 Å². The monoisotopic (exact) mass is 451 g/mol. The first-order valence-corrected chi connectivity index (χ1v) is 10.4. The summed E-state index contributed by atoms with van der Waals surface area (Å²) in [4.78, 5) is 0. The molecule has 0 radical (unpaired) electrons. The van der Waals surface area contributed by atoms with Crippen molar-refractivity contribution in [2.45, 2.75) is 26.0 Å². The van der Waals surface area contributed by atoms with Gasteiger partial charge in [-0.05, 0) is 55.0 Å². The van der Waals surface area contributed by atoms with Gasteiger partial charge in [-0.3, -0.25) is 0 Å². The third kappa shape index (κ3) is 5.65. The van der Waals surface area contributed by atoms with Crippen molar-refractivity contribution >= 4 is 5.69 Å². The molecule has 4 aromatic rings. The molecule has 170 valence electrons. The van der Waals surface area contributed by atoms with E-state index in [1.165, 1.54) is 6.07 Å². The molecule has 6 nitrogen and oxygen atoms in total. The summed E-state index contributed by atoms with van der Waals surface area (Å²) in [5, 5.41) is 11.6. The van der Waals surface area contributed by atoms with Crippen LogP contribution in [0.15, 0.2) is 77.2 Å². The summed E-state index contributed by atoms with van der Waals surface area (Å²) in [6, 6.07) is 21.6. The van der Waals surface area contributed by atoms with E-state index in [1.807, 2.05) is 61.5 Å². The molecule has 0 spiro atoms. The lowest BCUT2D eigenvalue weighted by Gasteiger charge is -2.16. The van der Waals surface area contributed by atoms with Crippen LogP contribution in [0.5, 0.6) is 11.5 Å². The van der Waals surface area contributed by atoms with Gasteiger partial charge >= 0.3 is 6.61 Å². The number of anilines is 1. The van der Waals surface area contributed by atoms with Crippen molar-refractivity contribution in [2.75, 3.05) is 12.4 Å². The van der Waals surface area contributed by atoms with Crippen molar-refractivity contribution in [1.29, 1.82) is 0 Å². The van der Waals surface area contributed by atoms with E-state index >= 15 is 0 Å². The third-order valence-corrected chi connectivity index (χ3v) is 5.05. The lowest BCUT2D eigenvalue weighted by Crippen LogP contribution is -2.09.